The zero-order chi connectivity index (χ0) is 17.8. The molecule has 4 aromatic rings. The lowest BCUT2D eigenvalue weighted by molar-refractivity contribution is -0.116. The van der Waals surface area contributed by atoms with E-state index in [0.29, 0.717) is 6.42 Å². The quantitative estimate of drug-likeness (QED) is 0.548. The van der Waals surface area contributed by atoms with Crippen LogP contribution < -0.4 is 5.32 Å². The molecule has 0 aliphatic carbocycles. The van der Waals surface area contributed by atoms with Gasteiger partial charge < -0.3 is 10.3 Å². The number of hydrogen-bond acceptors (Lipinski definition) is 2. The molecule has 0 aliphatic heterocycles. The zero-order valence-corrected chi connectivity index (χ0v) is 14.3. The van der Waals surface area contributed by atoms with Crippen molar-refractivity contribution in [3.8, 4) is 11.4 Å². The minimum absolute atomic E-state index is 0.00982. The number of rotatable bonds is 5. The Bertz CT molecular complexity index is 1000. The molecule has 4 nitrogen and oxygen atoms in total. The summed E-state index contributed by atoms with van der Waals surface area (Å²) in [5.74, 6) is 0.808. The van der Waals surface area contributed by atoms with Crippen LogP contribution in [0.4, 0.5) is 5.69 Å². The molecule has 0 aliphatic rings. The van der Waals surface area contributed by atoms with Gasteiger partial charge >= 0.3 is 0 Å². The Morgan fingerprint density at radius 1 is 0.923 bits per heavy atom. The Hall–Kier alpha value is -3.40. The molecule has 0 fully saturated rings. The Balaban J connectivity index is 1.46. The normalized spacial score (nSPS) is 10.8. The van der Waals surface area contributed by atoms with Crippen molar-refractivity contribution in [2.45, 2.75) is 12.8 Å². The average molecular weight is 341 g/mol. The molecule has 3 aromatic carbocycles. The minimum Gasteiger partial charge on any atom is -0.338 e. The van der Waals surface area contributed by atoms with Crippen molar-refractivity contribution in [1.29, 1.82) is 0 Å². The monoisotopic (exact) mass is 341 g/mol. The third kappa shape index (κ3) is 3.64. The average Bonchev–Trinajstić information content (AvgIpc) is 3.12. The fourth-order valence-corrected chi connectivity index (χ4v) is 2.96. The molecule has 128 valence electrons. The first kappa shape index (κ1) is 16.1. The summed E-state index contributed by atoms with van der Waals surface area (Å²) in [5.41, 5.74) is 4.82. The highest BCUT2D eigenvalue weighted by Gasteiger charge is 2.07. The van der Waals surface area contributed by atoms with Gasteiger partial charge in [0.25, 0.3) is 0 Å². The van der Waals surface area contributed by atoms with Gasteiger partial charge in [0.1, 0.15) is 5.82 Å². The molecule has 26 heavy (non-hydrogen) atoms. The second-order valence-corrected chi connectivity index (χ2v) is 6.22. The van der Waals surface area contributed by atoms with Crippen molar-refractivity contribution >= 4 is 22.6 Å². The van der Waals surface area contributed by atoms with Crippen molar-refractivity contribution in [1.82, 2.24) is 9.97 Å². The highest BCUT2D eigenvalue weighted by Crippen LogP contribution is 2.23. The molecule has 1 amide bonds. The molecule has 2 N–H and O–H groups in total. The number of imidazole rings is 1. The van der Waals surface area contributed by atoms with E-state index < -0.39 is 0 Å². The summed E-state index contributed by atoms with van der Waals surface area (Å²) in [6, 6.07) is 25.7. The number of aryl methyl sites for hydroxylation is 1. The van der Waals surface area contributed by atoms with Crippen molar-refractivity contribution in [2.75, 3.05) is 5.32 Å². The van der Waals surface area contributed by atoms with Crippen LogP contribution in [0.25, 0.3) is 22.4 Å². The molecular formula is C22H19N3O. The number of hydrogen-bond donors (Lipinski definition) is 2. The standard InChI is InChI=1S/C22H19N3O/c26-21(14-13-16-7-2-1-3-8-16)23-18-10-6-9-17(15-18)22-24-19-11-4-5-12-20(19)25-22/h1-12,15H,13-14H2,(H,23,26)(H,24,25). The summed E-state index contributed by atoms with van der Waals surface area (Å²) in [6.07, 6.45) is 1.19. The second kappa shape index (κ2) is 7.23. The molecule has 0 saturated carbocycles. The number of aromatic amines is 1. The maximum atomic E-state index is 12.2. The molecule has 0 spiro atoms. The van der Waals surface area contributed by atoms with Crippen molar-refractivity contribution in [3.63, 3.8) is 0 Å². The molecule has 0 unspecified atom stereocenters. The first-order valence-corrected chi connectivity index (χ1v) is 8.67. The van der Waals surface area contributed by atoms with Crippen molar-refractivity contribution in [2.24, 2.45) is 0 Å². The molecule has 0 bridgehead atoms. The first-order chi connectivity index (χ1) is 12.8. The number of carbonyl (C=O) groups is 1. The largest absolute Gasteiger partial charge is 0.338 e. The van der Waals surface area contributed by atoms with Gasteiger partial charge in [0.05, 0.1) is 11.0 Å². The van der Waals surface area contributed by atoms with Gasteiger partial charge in [-0.15, -0.1) is 0 Å². The van der Waals surface area contributed by atoms with Crippen LogP contribution in [0.3, 0.4) is 0 Å². The van der Waals surface area contributed by atoms with E-state index in [1.165, 1.54) is 5.56 Å². The topological polar surface area (TPSA) is 57.8 Å². The van der Waals surface area contributed by atoms with Crippen LogP contribution in [0.5, 0.6) is 0 Å². The van der Waals surface area contributed by atoms with E-state index in [1.54, 1.807) is 0 Å². The number of carbonyl (C=O) groups excluding carboxylic acids is 1. The summed E-state index contributed by atoms with van der Waals surface area (Å²) in [5, 5.41) is 2.98. The molecule has 4 rings (SSSR count). The Labute approximate surface area is 151 Å². The lowest BCUT2D eigenvalue weighted by Gasteiger charge is -2.07. The molecule has 0 saturated heterocycles. The van der Waals surface area contributed by atoms with Gasteiger partial charge in [-0.2, -0.15) is 0 Å². The zero-order valence-electron chi connectivity index (χ0n) is 14.3. The number of aromatic nitrogens is 2. The number of para-hydroxylation sites is 2. The van der Waals surface area contributed by atoms with E-state index in [1.807, 2.05) is 78.9 Å². The Morgan fingerprint density at radius 3 is 2.58 bits per heavy atom. The number of fused-ring (bicyclic) bond motifs is 1. The van der Waals surface area contributed by atoms with Gasteiger partial charge in [-0.05, 0) is 36.2 Å². The minimum atomic E-state index is 0.00982. The van der Waals surface area contributed by atoms with Crippen LogP contribution in [0.1, 0.15) is 12.0 Å². The predicted molar refractivity (Wildman–Crippen MR) is 105 cm³/mol. The van der Waals surface area contributed by atoms with Gasteiger partial charge in [-0.1, -0.05) is 54.6 Å². The molecule has 1 heterocycles. The van der Waals surface area contributed by atoms with Crippen LogP contribution in [0, 0.1) is 0 Å². The Morgan fingerprint density at radius 2 is 1.73 bits per heavy atom. The Kier molecular flexibility index (Phi) is 4.48. The van der Waals surface area contributed by atoms with Gasteiger partial charge in [0.15, 0.2) is 0 Å². The molecule has 4 heteroatoms. The summed E-state index contributed by atoms with van der Waals surface area (Å²) < 4.78 is 0. The maximum absolute atomic E-state index is 12.2. The summed E-state index contributed by atoms with van der Waals surface area (Å²) >= 11 is 0. The number of benzene rings is 3. The van der Waals surface area contributed by atoms with Crippen LogP contribution >= 0.6 is 0 Å². The van der Waals surface area contributed by atoms with E-state index in [9.17, 15) is 4.79 Å². The van der Waals surface area contributed by atoms with Crippen LogP contribution in [0.15, 0.2) is 78.9 Å². The highest BCUT2D eigenvalue weighted by atomic mass is 16.1. The third-order valence-corrected chi connectivity index (χ3v) is 4.29. The second-order valence-electron chi connectivity index (χ2n) is 6.22. The summed E-state index contributed by atoms with van der Waals surface area (Å²) in [4.78, 5) is 20.2. The fraction of sp³-hybridized carbons (Fsp3) is 0.0909. The molecule has 0 radical (unpaired) electrons. The molecule has 0 atom stereocenters. The number of amides is 1. The number of nitrogens with zero attached hydrogens (tertiary/aromatic N) is 1. The highest BCUT2D eigenvalue weighted by molar-refractivity contribution is 5.91. The fourth-order valence-electron chi connectivity index (χ4n) is 2.96. The van der Waals surface area contributed by atoms with Gasteiger partial charge in [-0.25, -0.2) is 4.98 Å². The van der Waals surface area contributed by atoms with E-state index in [0.717, 1.165) is 34.5 Å². The first-order valence-electron chi connectivity index (χ1n) is 8.67. The van der Waals surface area contributed by atoms with Crippen LogP contribution in [-0.2, 0) is 11.2 Å². The maximum Gasteiger partial charge on any atom is 0.224 e. The van der Waals surface area contributed by atoms with Crippen molar-refractivity contribution < 1.29 is 4.79 Å². The van der Waals surface area contributed by atoms with Crippen LogP contribution in [-0.4, -0.2) is 15.9 Å². The predicted octanol–water partition coefficient (Wildman–Crippen LogP) is 4.80. The van der Waals surface area contributed by atoms with E-state index >= 15 is 0 Å². The number of H-pyrrole nitrogens is 1. The van der Waals surface area contributed by atoms with Crippen molar-refractivity contribution in [3.05, 3.63) is 84.4 Å². The third-order valence-electron chi connectivity index (χ3n) is 4.29. The van der Waals surface area contributed by atoms with E-state index in [-0.39, 0.29) is 5.91 Å². The summed E-state index contributed by atoms with van der Waals surface area (Å²) in [7, 11) is 0. The molecular weight excluding hydrogens is 322 g/mol. The van der Waals surface area contributed by atoms with E-state index in [4.69, 9.17) is 0 Å². The SMILES string of the molecule is O=C(CCc1ccccc1)Nc1cccc(-c2nc3ccccc3[nH]2)c1. The van der Waals surface area contributed by atoms with Crippen LogP contribution in [0.2, 0.25) is 0 Å². The lowest BCUT2D eigenvalue weighted by atomic mass is 10.1. The van der Waals surface area contributed by atoms with Gasteiger partial charge in [-0.3, -0.25) is 4.79 Å². The lowest BCUT2D eigenvalue weighted by Crippen LogP contribution is -2.12. The summed E-state index contributed by atoms with van der Waals surface area (Å²) in [6.45, 7) is 0. The smallest absolute Gasteiger partial charge is 0.224 e. The van der Waals surface area contributed by atoms with Gasteiger partial charge in [0, 0.05) is 17.7 Å². The van der Waals surface area contributed by atoms with E-state index in [2.05, 4.69) is 15.3 Å². The number of nitrogens with one attached hydrogen (secondary N) is 2. The molecule has 1 aromatic heterocycles. The van der Waals surface area contributed by atoms with Gasteiger partial charge in [0.2, 0.25) is 5.91 Å². The number of anilines is 1.